The van der Waals surface area contributed by atoms with Crippen molar-refractivity contribution < 1.29 is 9.90 Å². The van der Waals surface area contributed by atoms with Crippen LogP contribution >= 0.6 is 0 Å². The van der Waals surface area contributed by atoms with Crippen LogP contribution in [0.1, 0.15) is 16.2 Å². The highest BCUT2D eigenvalue weighted by Crippen LogP contribution is 2.21. The van der Waals surface area contributed by atoms with Crippen LogP contribution in [0.2, 0.25) is 0 Å². The molecule has 0 fully saturated rings. The molecule has 0 radical (unpaired) electrons. The molecule has 1 aromatic carbocycles. The number of hydrogen-bond acceptors (Lipinski definition) is 2. The Balaban J connectivity index is 2.18. The molecule has 0 spiro atoms. The van der Waals surface area contributed by atoms with E-state index in [1.165, 1.54) is 0 Å². The van der Waals surface area contributed by atoms with E-state index >= 15 is 0 Å². The van der Waals surface area contributed by atoms with Gasteiger partial charge in [-0.1, -0.05) is 18.2 Å². The molecule has 0 aliphatic rings. The number of carboxylic acids is 1. The molecule has 0 bridgehead atoms. The van der Waals surface area contributed by atoms with E-state index < -0.39 is 5.97 Å². The zero-order valence-electron chi connectivity index (χ0n) is 10.4. The van der Waals surface area contributed by atoms with Crippen LogP contribution in [0.4, 0.5) is 0 Å². The Morgan fingerprint density at radius 1 is 1.37 bits per heavy atom. The lowest BCUT2D eigenvalue weighted by Crippen LogP contribution is -2.11. The van der Waals surface area contributed by atoms with Crippen LogP contribution in [-0.2, 0) is 13.6 Å². The number of nitrogens with zero attached hydrogens (tertiary/aromatic N) is 3. The Labute approximate surface area is 109 Å². The van der Waals surface area contributed by atoms with Crippen LogP contribution in [-0.4, -0.2) is 25.2 Å². The highest BCUT2D eigenvalue weighted by Gasteiger charge is 2.15. The van der Waals surface area contributed by atoms with Crippen molar-refractivity contribution in [2.24, 2.45) is 7.05 Å². The minimum atomic E-state index is -0.918. The Bertz CT molecular complexity index is 755. The highest BCUT2D eigenvalue weighted by molar-refractivity contribution is 5.94. The van der Waals surface area contributed by atoms with Gasteiger partial charge in [-0.3, -0.25) is 0 Å². The lowest BCUT2D eigenvalue weighted by molar-refractivity contribution is 0.0686. The Kier molecular flexibility index (Phi) is 2.59. The molecule has 0 saturated carbocycles. The summed E-state index contributed by atoms with van der Waals surface area (Å²) in [5, 5.41) is 10.3. The lowest BCUT2D eigenvalue weighted by Gasteiger charge is -2.08. The lowest BCUT2D eigenvalue weighted by atomic mass is 10.2. The predicted octanol–water partition coefficient (Wildman–Crippen LogP) is 2.12. The molecule has 3 rings (SSSR count). The van der Waals surface area contributed by atoms with Gasteiger partial charge in [-0.25, -0.2) is 9.78 Å². The minimum Gasteiger partial charge on any atom is -0.477 e. The third-order valence-electron chi connectivity index (χ3n) is 3.27. The molecular formula is C14H13N3O2. The fraction of sp³-hybridized carbons (Fsp3) is 0.143. The van der Waals surface area contributed by atoms with E-state index in [1.54, 1.807) is 23.2 Å². The van der Waals surface area contributed by atoms with Gasteiger partial charge in [0.1, 0.15) is 5.69 Å². The molecule has 5 heteroatoms. The summed E-state index contributed by atoms with van der Waals surface area (Å²) in [7, 11) is 1.90. The Hall–Kier alpha value is -2.56. The first-order chi connectivity index (χ1) is 9.16. The first kappa shape index (κ1) is 11.5. The number of para-hydroxylation sites is 1. The van der Waals surface area contributed by atoms with Crippen molar-refractivity contribution in [3.05, 3.63) is 54.2 Å². The molecule has 1 N–H and O–H groups in total. The van der Waals surface area contributed by atoms with Gasteiger partial charge < -0.3 is 14.2 Å². The van der Waals surface area contributed by atoms with E-state index in [-0.39, 0.29) is 0 Å². The van der Waals surface area contributed by atoms with Gasteiger partial charge in [0.2, 0.25) is 0 Å². The summed E-state index contributed by atoms with van der Waals surface area (Å²) in [5.41, 5.74) is 2.17. The molecule has 19 heavy (non-hydrogen) atoms. The number of carbonyl (C=O) groups is 1. The predicted molar refractivity (Wildman–Crippen MR) is 71.2 cm³/mol. The number of fused-ring (bicyclic) bond motifs is 1. The molecule has 3 aromatic rings. The van der Waals surface area contributed by atoms with E-state index in [0.29, 0.717) is 12.2 Å². The Morgan fingerprint density at radius 2 is 2.16 bits per heavy atom. The molecule has 96 valence electrons. The van der Waals surface area contributed by atoms with Gasteiger partial charge in [0, 0.05) is 24.1 Å². The van der Waals surface area contributed by atoms with Crippen LogP contribution in [0.5, 0.6) is 0 Å². The number of hydrogen-bond donors (Lipinski definition) is 1. The van der Waals surface area contributed by atoms with Crippen molar-refractivity contribution in [2.45, 2.75) is 6.54 Å². The third kappa shape index (κ3) is 1.89. The third-order valence-corrected chi connectivity index (χ3v) is 3.27. The normalized spacial score (nSPS) is 11.0. The fourth-order valence-corrected chi connectivity index (χ4v) is 2.26. The van der Waals surface area contributed by atoms with Gasteiger partial charge in [0.05, 0.1) is 18.6 Å². The average molecular weight is 255 g/mol. The quantitative estimate of drug-likeness (QED) is 0.779. The molecule has 2 aromatic heterocycles. The standard InChI is InChI=1S/C14H13N3O2/c1-16-9-15-7-11(16)8-17-12-5-3-2-4-10(12)6-13(17)14(18)19/h2-7,9H,8H2,1H3,(H,18,19). The largest absolute Gasteiger partial charge is 0.477 e. The van der Waals surface area contributed by atoms with Crippen LogP contribution in [0.3, 0.4) is 0 Å². The molecule has 0 saturated heterocycles. The smallest absolute Gasteiger partial charge is 0.352 e. The van der Waals surface area contributed by atoms with E-state index in [2.05, 4.69) is 4.98 Å². The van der Waals surface area contributed by atoms with Gasteiger partial charge in [-0.05, 0) is 12.1 Å². The first-order valence-corrected chi connectivity index (χ1v) is 5.93. The fourth-order valence-electron chi connectivity index (χ4n) is 2.26. The maximum atomic E-state index is 11.4. The van der Waals surface area contributed by atoms with Gasteiger partial charge in [-0.15, -0.1) is 0 Å². The summed E-state index contributed by atoms with van der Waals surface area (Å²) in [6.07, 6.45) is 3.46. The molecule has 0 amide bonds. The summed E-state index contributed by atoms with van der Waals surface area (Å²) < 4.78 is 3.69. The van der Waals surface area contributed by atoms with Crippen LogP contribution in [0.15, 0.2) is 42.9 Å². The highest BCUT2D eigenvalue weighted by atomic mass is 16.4. The average Bonchev–Trinajstić information content (AvgIpc) is 2.95. The zero-order valence-corrected chi connectivity index (χ0v) is 10.4. The summed E-state index contributed by atoms with van der Waals surface area (Å²) >= 11 is 0. The van der Waals surface area contributed by atoms with E-state index in [1.807, 2.05) is 35.9 Å². The van der Waals surface area contributed by atoms with Gasteiger partial charge >= 0.3 is 5.97 Å². The molecule has 0 unspecified atom stereocenters. The molecule has 0 aliphatic carbocycles. The van der Waals surface area contributed by atoms with Gasteiger partial charge in [-0.2, -0.15) is 0 Å². The molecule has 5 nitrogen and oxygen atoms in total. The minimum absolute atomic E-state index is 0.294. The number of aryl methyl sites for hydroxylation is 1. The summed E-state index contributed by atoms with van der Waals surface area (Å²) in [6, 6.07) is 9.36. The number of imidazole rings is 1. The second-order valence-electron chi connectivity index (χ2n) is 4.48. The molecular weight excluding hydrogens is 242 g/mol. The van der Waals surface area contributed by atoms with Crippen molar-refractivity contribution in [2.75, 3.05) is 0 Å². The van der Waals surface area contributed by atoms with Crippen molar-refractivity contribution in [3.63, 3.8) is 0 Å². The molecule has 2 heterocycles. The number of carboxylic acid groups (broad SMARTS) is 1. The number of aromatic nitrogens is 3. The zero-order chi connectivity index (χ0) is 13.4. The van der Waals surface area contributed by atoms with Gasteiger partial charge in [0.15, 0.2) is 0 Å². The number of rotatable bonds is 3. The summed E-state index contributed by atoms with van der Waals surface area (Å²) in [4.78, 5) is 15.4. The molecule has 0 aliphatic heterocycles. The van der Waals surface area contributed by atoms with Crippen molar-refractivity contribution >= 4 is 16.9 Å². The maximum Gasteiger partial charge on any atom is 0.352 e. The summed E-state index contributed by atoms with van der Waals surface area (Å²) in [5.74, 6) is -0.918. The van der Waals surface area contributed by atoms with E-state index in [0.717, 1.165) is 16.6 Å². The number of benzene rings is 1. The number of aromatic carboxylic acids is 1. The summed E-state index contributed by atoms with van der Waals surface area (Å²) in [6.45, 7) is 0.492. The second kappa shape index (κ2) is 4.28. The van der Waals surface area contributed by atoms with Crippen molar-refractivity contribution in [1.82, 2.24) is 14.1 Å². The SMILES string of the molecule is Cn1cncc1Cn1c(C(=O)O)cc2ccccc21. The van der Waals surface area contributed by atoms with Crippen molar-refractivity contribution in [1.29, 1.82) is 0 Å². The van der Waals surface area contributed by atoms with Crippen LogP contribution in [0.25, 0.3) is 10.9 Å². The van der Waals surface area contributed by atoms with E-state index in [9.17, 15) is 9.90 Å². The van der Waals surface area contributed by atoms with Crippen molar-refractivity contribution in [3.8, 4) is 0 Å². The van der Waals surface area contributed by atoms with Crippen LogP contribution in [0, 0.1) is 0 Å². The Morgan fingerprint density at radius 3 is 2.84 bits per heavy atom. The molecule has 0 atom stereocenters. The monoisotopic (exact) mass is 255 g/mol. The first-order valence-electron chi connectivity index (χ1n) is 5.93. The second-order valence-corrected chi connectivity index (χ2v) is 4.48. The topological polar surface area (TPSA) is 60.0 Å². The van der Waals surface area contributed by atoms with Gasteiger partial charge in [0.25, 0.3) is 0 Å². The maximum absolute atomic E-state index is 11.4. The van der Waals surface area contributed by atoms with E-state index in [4.69, 9.17) is 0 Å². The van der Waals surface area contributed by atoms with Crippen LogP contribution < -0.4 is 0 Å².